The van der Waals surface area contributed by atoms with Crippen LogP contribution in [0.25, 0.3) is 10.9 Å². The van der Waals surface area contributed by atoms with Gasteiger partial charge in [-0.3, -0.25) is 81.5 Å². The number of carboxylic acids is 4. The number of aryl methyl sites for hydroxylation is 3. The number of amides is 5. The lowest BCUT2D eigenvalue weighted by molar-refractivity contribution is -0.140. The summed E-state index contributed by atoms with van der Waals surface area (Å²) in [6.45, 7) is 4.86. The zero-order chi connectivity index (χ0) is 79.9. The van der Waals surface area contributed by atoms with E-state index in [1.165, 1.54) is 26.0 Å². The van der Waals surface area contributed by atoms with E-state index in [9.17, 15) is 101 Å². The number of benzene rings is 2. The van der Waals surface area contributed by atoms with E-state index in [4.69, 9.17) is 18.9 Å². The summed E-state index contributed by atoms with van der Waals surface area (Å²) in [5.41, 5.74) is 1.57. The zero-order valence-electron chi connectivity index (χ0n) is 61.1. The number of nitrogens with zero attached hydrogens (tertiary/aromatic N) is 8. The predicted octanol–water partition coefficient (Wildman–Crippen LogP) is -1.92. The van der Waals surface area contributed by atoms with Crippen LogP contribution in [0.3, 0.4) is 0 Å². The van der Waals surface area contributed by atoms with Gasteiger partial charge in [0, 0.05) is 135 Å². The molecule has 0 saturated carbocycles. The number of imidazole rings is 1. The van der Waals surface area contributed by atoms with Crippen LogP contribution in [0.4, 0.5) is 5.95 Å². The molecule has 2 aromatic carbocycles. The number of H-pyrrole nitrogens is 1. The maximum Gasteiger partial charge on any atom is 0.339 e. The number of carbonyl (C=O) groups excluding carboxylic acids is 5. The average molecular weight is 1600 g/mol. The third-order valence-electron chi connectivity index (χ3n) is 16.5. The maximum atomic E-state index is 13.8. The van der Waals surface area contributed by atoms with Gasteiger partial charge < -0.3 is 95.8 Å². The number of anilines is 1. The number of aliphatic carboxylic acids is 4. The van der Waals surface area contributed by atoms with Crippen LogP contribution in [0.1, 0.15) is 72.9 Å². The van der Waals surface area contributed by atoms with Gasteiger partial charge in [-0.25, -0.2) is 13.4 Å². The predicted molar refractivity (Wildman–Crippen MR) is 392 cm³/mol. The summed E-state index contributed by atoms with van der Waals surface area (Å²) in [6, 6.07) is 5.08. The van der Waals surface area contributed by atoms with Crippen LogP contribution in [0.5, 0.6) is 5.75 Å². The molecule has 1 aliphatic heterocycles. The summed E-state index contributed by atoms with van der Waals surface area (Å²) in [6.07, 6.45) is 5.41. The van der Waals surface area contributed by atoms with E-state index in [0.29, 0.717) is 67.5 Å². The maximum absolute atomic E-state index is 13.8. The van der Waals surface area contributed by atoms with E-state index in [1.54, 1.807) is 61.1 Å². The van der Waals surface area contributed by atoms with E-state index in [1.807, 2.05) is 0 Å². The van der Waals surface area contributed by atoms with Crippen molar-refractivity contribution in [3.05, 3.63) is 65.6 Å². The molecule has 44 heteroatoms. The van der Waals surface area contributed by atoms with E-state index >= 15 is 0 Å². The molecule has 2 unspecified atom stereocenters. The molecule has 3 heterocycles. The Bertz CT molecular complexity index is 3710. The van der Waals surface area contributed by atoms with Crippen molar-refractivity contribution in [2.24, 2.45) is 0 Å². The van der Waals surface area contributed by atoms with Gasteiger partial charge in [0.2, 0.25) is 33.7 Å². The minimum Gasteiger partial charge on any atom is -0.494 e. The van der Waals surface area contributed by atoms with Crippen LogP contribution in [0.15, 0.2) is 53.8 Å². The number of aromatic amines is 1. The number of rotatable bonds is 52. The Morgan fingerprint density at radius 3 is 1.67 bits per heavy atom. The number of sulfonamides is 1. The minimum atomic E-state index is -4.81. The molecule has 5 rings (SSSR count). The van der Waals surface area contributed by atoms with Crippen molar-refractivity contribution >= 4 is 95.5 Å². The standard InChI is InChI=1S/C65H104N16O25P2S/c1-47-35-51(36-48(2)61(47)109(101,102)75-53(64(93)94)39-72-62(91)49-11-12-54-50(37-49)38-73-81(54)19-6-14-69-65-70-17-18-71-65)106-30-5-10-55(82)66-15-7-28-103-31-33-105-34-32-104-29-8-16-68-63(92)52(9-3-4-13-67-56(83)40-80(45-107(95,96)97)46-108(98,99)100)74-57(84)41-76-20-22-77(42-58(85)86)24-26-79(44-60(89)90)27-25-78(23-21-76)43-59(87)88/h11-12,17-18,35-38,52-53,75H,3-10,13-16,19-34,39-46H2,1-2H3,(H,66,82)(H,67,83)(H,68,92)(H,72,91)(H,74,84)(H,85,86)(H,87,88)(H,89,90)(H,93,94)(H2,69,70,71)(H2,95,96,97)(H2,98,99,100). The van der Waals surface area contributed by atoms with E-state index < -0.39 is 110 Å². The highest BCUT2D eigenvalue weighted by atomic mass is 32.2. The number of carboxylic acid groups (broad SMARTS) is 4. The summed E-state index contributed by atoms with van der Waals surface area (Å²) in [5, 5.41) is 60.4. The van der Waals surface area contributed by atoms with Gasteiger partial charge in [0.1, 0.15) is 30.4 Å². The molecule has 0 spiro atoms. The third-order valence-corrected chi connectivity index (χ3v) is 19.8. The molecule has 1 saturated heterocycles. The number of unbranched alkanes of at least 4 members (excludes halogenated alkanes) is 1. The Hall–Kier alpha value is -8.16. The highest BCUT2D eigenvalue weighted by Gasteiger charge is 2.31. The second-order valence-corrected chi connectivity index (χ2v) is 30.7. The van der Waals surface area contributed by atoms with Crippen LogP contribution < -0.4 is 41.4 Å². The second kappa shape index (κ2) is 47.8. The summed E-state index contributed by atoms with van der Waals surface area (Å²) in [4.78, 5) is 165. The molecule has 16 N–H and O–H groups in total. The van der Waals surface area contributed by atoms with Gasteiger partial charge >= 0.3 is 39.1 Å². The smallest absolute Gasteiger partial charge is 0.339 e. The summed E-state index contributed by atoms with van der Waals surface area (Å²) < 4.78 is 77.1. The van der Waals surface area contributed by atoms with E-state index in [0.717, 1.165) is 11.9 Å². The number of hydrogen-bond donors (Lipinski definition) is 16. The number of hydrogen-bond acceptors (Lipinski definition) is 25. The number of fused-ring (bicyclic) bond motifs is 1. The van der Waals surface area contributed by atoms with Gasteiger partial charge in [-0.1, -0.05) is 0 Å². The molecule has 610 valence electrons. The van der Waals surface area contributed by atoms with Crippen LogP contribution in [-0.4, -0.2) is 335 Å². The van der Waals surface area contributed by atoms with E-state index in [-0.39, 0.29) is 184 Å². The van der Waals surface area contributed by atoms with Gasteiger partial charge in [-0.15, -0.1) is 0 Å². The third kappa shape index (κ3) is 37.9. The summed E-state index contributed by atoms with van der Waals surface area (Å²) in [5.74, 6) is -6.66. The van der Waals surface area contributed by atoms with Crippen molar-refractivity contribution in [2.45, 2.75) is 88.7 Å². The Morgan fingerprint density at radius 1 is 0.606 bits per heavy atom. The first-order chi connectivity index (χ1) is 51.7. The fourth-order valence-electron chi connectivity index (χ4n) is 11.4. The quantitative estimate of drug-likeness (QED) is 0.0169. The van der Waals surface area contributed by atoms with Crippen LogP contribution in [0.2, 0.25) is 0 Å². The van der Waals surface area contributed by atoms with Gasteiger partial charge in [0.15, 0.2) is 5.95 Å². The molecule has 1 fully saturated rings. The molecule has 0 radical (unpaired) electrons. The van der Waals surface area contributed by atoms with Gasteiger partial charge in [0.25, 0.3) is 5.91 Å². The first-order valence-corrected chi connectivity index (χ1v) is 40.5. The molecule has 0 bridgehead atoms. The Labute approximate surface area is 630 Å². The normalized spacial score (nSPS) is 14.6. The molecule has 1 aliphatic rings. The Morgan fingerprint density at radius 2 is 1.14 bits per heavy atom. The molecule has 2 atom stereocenters. The number of aromatic nitrogens is 4. The van der Waals surface area contributed by atoms with Gasteiger partial charge in [-0.05, 0) is 100 Å². The number of nitrogens with one attached hydrogen (secondary N) is 8. The molecule has 109 heavy (non-hydrogen) atoms. The molecular weight excluding hydrogens is 1500 g/mol. The summed E-state index contributed by atoms with van der Waals surface area (Å²) in [7, 11) is -14.0. The largest absolute Gasteiger partial charge is 0.494 e. The number of carbonyl (C=O) groups is 9. The molecule has 41 nitrogen and oxygen atoms in total. The molecule has 4 aromatic rings. The zero-order valence-corrected chi connectivity index (χ0v) is 63.7. The average Bonchev–Trinajstić information content (AvgIpc) is 1.61. The first-order valence-electron chi connectivity index (χ1n) is 35.4. The Balaban J connectivity index is 0.964. The monoisotopic (exact) mass is 1600 g/mol. The topological polar surface area (TPSA) is 568 Å². The number of ether oxygens (including phenoxy) is 4. The van der Waals surface area contributed by atoms with Gasteiger partial charge in [-0.2, -0.15) is 9.82 Å². The minimum absolute atomic E-state index is 0.0242. The molecule has 5 amide bonds. The van der Waals surface area contributed by atoms with Crippen LogP contribution in [-0.2, 0) is 78.3 Å². The molecule has 2 aromatic heterocycles. The lowest BCUT2D eigenvalue weighted by Crippen LogP contribution is -2.52. The Kier molecular flexibility index (Phi) is 40.1. The highest BCUT2D eigenvalue weighted by Crippen LogP contribution is 2.40. The molecule has 0 aliphatic carbocycles. The molecular formula is C65H104N16O25P2S. The van der Waals surface area contributed by atoms with E-state index in [2.05, 4.69) is 51.7 Å². The van der Waals surface area contributed by atoms with Gasteiger partial charge in [0.05, 0.1) is 82.4 Å². The second-order valence-electron chi connectivity index (χ2n) is 25.8. The van der Waals surface area contributed by atoms with Crippen molar-refractivity contribution < 1.29 is 120 Å². The van der Waals surface area contributed by atoms with Crippen LogP contribution >= 0.6 is 15.2 Å². The lowest BCUT2D eigenvalue weighted by Gasteiger charge is -2.33. The summed E-state index contributed by atoms with van der Waals surface area (Å²) >= 11 is 0. The van der Waals surface area contributed by atoms with Crippen molar-refractivity contribution in [1.82, 2.24) is 75.6 Å². The van der Waals surface area contributed by atoms with Crippen LogP contribution in [0, 0.1) is 13.8 Å². The highest BCUT2D eigenvalue weighted by molar-refractivity contribution is 7.89. The van der Waals surface area contributed by atoms with Crippen molar-refractivity contribution in [3.63, 3.8) is 0 Å². The fourth-order valence-corrected chi connectivity index (χ4v) is 14.7. The SMILES string of the molecule is Cc1cc(OCCCC(=O)NCCCOCCOCCOCCCNC(=O)C(CCCCNC(=O)CN(CP(=O)(O)O)CP(=O)(O)O)NC(=O)CN2CCN(CC(=O)O)CCN(CC(=O)O)CCN(CC(=O)O)CC2)cc(C)c1S(=O)(=O)NC(CNC(=O)c1ccc2c(cnn2CCCNc2ncc[nH]2)c1)C(=O)O. The fraction of sp³-hybridized carbons (Fsp3) is 0.615. The van der Waals surface area contributed by atoms with Crippen molar-refractivity contribution in [2.75, 3.05) is 182 Å². The first kappa shape index (κ1) is 91.5. The van der Waals surface area contributed by atoms with Crippen molar-refractivity contribution in [1.29, 1.82) is 0 Å². The lowest BCUT2D eigenvalue weighted by atomic mass is 10.1. The van der Waals surface area contributed by atoms with Crippen molar-refractivity contribution in [3.8, 4) is 5.75 Å².